The Morgan fingerprint density at radius 1 is 1.38 bits per heavy atom. The second kappa shape index (κ2) is 5.56. The van der Waals surface area contributed by atoms with Crippen LogP contribution in [0.15, 0.2) is 18.2 Å². The average molecular weight is 292 g/mol. The van der Waals surface area contributed by atoms with Gasteiger partial charge in [-0.15, -0.1) is 0 Å². The zero-order valence-electron chi connectivity index (χ0n) is 13.2. The molecule has 0 unspecified atom stereocenters. The molecule has 2 rings (SSSR count). The highest BCUT2D eigenvalue weighted by atomic mass is 16.6. The highest BCUT2D eigenvalue weighted by Gasteiger charge is 2.38. The van der Waals surface area contributed by atoms with Gasteiger partial charge in [-0.2, -0.15) is 0 Å². The van der Waals surface area contributed by atoms with E-state index in [4.69, 9.17) is 15.2 Å². The van der Waals surface area contributed by atoms with E-state index in [1.54, 1.807) is 13.2 Å². The minimum absolute atomic E-state index is 0.0760. The summed E-state index contributed by atoms with van der Waals surface area (Å²) in [6, 6.07) is 5.58. The molecule has 116 valence electrons. The largest absolute Gasteiger partial charge is 0.496 e. The van der Waals surface area contributed by atoms with Crippen LogP contribution < -0.4 is 15.8 Å². The summed E-state index contributed by atoms with van der Waals surface area (Å²) in [5.41, 5.74) is 7.25. The molecule has 0 aliphatic heterocycles. The summed E-state index contributed by atoms with van der Waals surface area (Å²) in [6.07, 6.45) is 2.42. The number of carbonyl (C=O) groups excluding carboxylic acids is 1. The number of anilines is 1. The van der Waals surface area contributed by atoms with Gasteiger partial charge < -0.3 is 15.2 Å². The third-order valence-electron chi connectivity index (χ3n) is 3.37. The Hall–Kier alpha value is -1.75. The number of hydrogen-bond donors (Lipinski definition) is 2. The maximum absolute atomic E-state index is 11.8. The van der Waals surface area contributed by atoms with Crippen molar-refractivity contribution in [3.63, 3.8) is 0 Å². The summed E-state index contributed by atoms with van der Waals surface area (Å²) in [6.45, 7) is 5.48. The van der Waals surface area contributed by atoms with Crippen LogP contribution >= 0.6 is 0 Å². The van der Waals surface area contributed by atoms with Crippen LogP contribution in [0, 0.1) is 0 Å². The first-order valence-corrected chi connectivity index (χ1v) is 7.17. The van der Waals surface area contributed by atoms with Crippen molar-refractivity contribution in [2.75, 3.05) is 12.4 Å². The Kier molecular flexibility index (Phi) is 4.14. The van der Waals surface area contributed by atoms with E-state index in [1.807, 2.05) is 32.9 Å². The van der Waals surface area contributed by atoms with Crippen molar-refractivity contribution >= 4 is 11.8 Å². The maximum Gasteiger partial charge on any atom is 0.412 e. The van der Waals surface area contributed by atoms with Crippen LogP contribution in [-0.2, 0) is 11.2 Å². The third-order valence-corrected chi connectivity index (χ3v) is 3.37. The van der Waals surface area contributed by atoms with E-state index < -0.39 is 11.7 Å². The number of amides is 1. The molecule has 21 heavy (non-hydrogen) atoms. The van der Waals surface area contributed by atoms with Gasteiger partial charge in [-0.1, -0.05) is 6.07 Å². The lowest BCUT2D eigenvalue weighted by atomic mass is 10.0. The molecule has 0 bridgehead atoms. The lowest BCUT2D eigenvalue weighted by Crippen LogP contribution is -2.27. The number of ether oxygens (including phenoxy) is 2. The fourth-order valence-electron chi connectivity index (χ4n) is 2.11. The van der Waals surface area contributed by atoms with Gasteiger partial charge in [-0.3, -0.25) is 5.32 Å². The van der Waals surface area contributed by atoms with Crippen molar-refractivity contribution in [1.29, 1.82) is 0 Å². The van der Waals surface area contributed by atoms with Gasteiger partial charge in [-0.25, -0.2) is 4.79 Å². The van der Waals surface area contributed by atoms with Crippen LogP contribution in [0.4, 0.5) is 10.5 Å². The van der Waals surface area contributed by atoms with Crippen molar-refractivity contribution in [3.05, 3.63) is 23.8 Å². The molecule has 1 aliphatic carbocycles. The van der Waals surface area contributed by atoms with Gasteiger partial charge in [0.25, 0.3) is 0 Å². The second-order valence-corrected chi connectivity index (χ2v) is 6.69. The molecule has 1 aliphatic rings. The first-order valence-electron chi connectivity index (χ1n) is 7.17. The Morgan fingerprint density at radius 2 is 2.05 bits per heavy atom. The van der Waals surface area contributed by atoms with E-state index in [0.717, 1.165) is 30.6 Å². The van der Waals surface area contributed by atoms with E-state index in [9.17, 15) is 4.79 Å². The molecule has 5 nitrogen and oxygen atoms in total. The Balaban J connectivity index is 2.06. The molecule has 1 saturated carbocycles. The molecular weight excluding hydrogens is 268 g/mol. The molecule has 0 spiro atoms. The van der Waals surface area contributed by atoms with Gasteiger partial charge in [0.05, 0.1) is 7.11 Å². The molecular formula is C16H24N2O3. The summed E-state index contributed by atoms with van der Waals surface area (Å²) >= 11 is 0. The second-order valence-electron chi connectivity index (χ2n) is 6.69. The van der Waals surface area contributed by atoms with Gasteiger partial charge in [0.15, 0.2) is 0 Å². The van der Waals surface area contributed by atoms with E-state index in [0.29, 0.717) is 5.69 Å². The van der Waals surface area contributed by atoms with Gasteiger partial charge in [0.2, 0.25) is 0 Å². The van der Waals surface area contributed by atoms with Gasteiger partial charge in [0.1, 0.15) is 11.4 Å². The molecule has 0 atom stereocenters. The first-order chi connectivity index (χ1) is 9.71. The molecule has 1 amide bonds. The van der Waals surface area contributed by atoms with Crippen molar-refractivity contribution in [1.82, 2.24) is 0 Å². The lowest BCUT2D eigenvalue weighted by Gasteiger charge is -2.20. The van der Waals surface area contributed by atoms with Crippen LogP contribution in [0.5, 0.6) is 5.75 Å². The summed E-state index contributed by atoms with van der Waals surface area (Å²) < 4.78 is 10.6. The monoisotopic (exact) mass is 292 g/mol. The Bertz CT molecular complexity index is 531. The number of nitrogens with one attached hydrogen (secondary N) is 1. The van der Waals surface area contributed by atoms with Gasteiger partial charge in [-0.05, 0) is 51.7 Å². The van der Waals surface area contributed by atoms with Crippen LogP contribution in [0.1, 0.15) is 39.2 Å². The normalized spacial score (nSPS) is 16.2. The predicted octanol–water partition coefficient (Wildman–Crippen LogP) is 3.08. The minimum Gasteiger partial charge on any atom is -0.496 e. The number of benzene rings is 1. The summed E-state index contributed by atoms with van der Waals surface area (Å²) in [4.78, 5) is 11.8. The highest BCUT2D eigenvalue weighted by Crippen LogP contribution is 2.38. The quantitative estimate of drug-likeness (QED) is 0.894. The molecule has 1 aromatic carbocycles. The number of rotatable bonds is 4. The standard InChI is InChI=1S/C16H24N2O3/c1-15(2,3)21-14(19)18-12-6-5-11(13(9-12)20-4)10-16(17)7-8-16/h5-6,9H,7-8,10,17H2,1-4H3,(H,18,19). The zero-order chi connectivity index (χ0) is 15.7. The van der Waals surface area contributed by atoms with E-state index in [2.05, 4.69) is 5.32 Å². The van der Waals surface area contributed by atoms with E-state index >= 15 is 0 Å². The van der Waals surface area contributed by atoms with Gasteiger partial charge in [0, 0.05) is 17.3 Å². The van der Waals surface area contributed by atoms with Crippen molar-refractivity contribution in [2.45, 2.75) is 51.2 Å². The van der Waals surface area contributed by atoms with Crippen LogP contribution in [0.2, 0.25) is 0 Å². The van der Waals surface area contributed by atoms with E-state index in [-0.39, 0.29) is 5.54 Å². The molecule has 1 fully saturated rings. The maximum atomic E-state index is 11.8. The fourth-order valence-corrected chi connectivity index (χ4v) is 2.11. The summed E-state index contributed by atoms with van der Waals surface area (Å²) in [5, 5.41) is 2.71. The average Bonchev–Trinajstić information content (AvgIpc) is 3.06. The Morgan fingerprint density at radius 3 is 2.57 bits per heavy atom. The fraction of sp³-hybridized carbons (Fsp3) is 0.562. The highest BCUT2D eigenvalue weighted by molar-refractivity contribution is 5.85. The molecule has 0 heterocycles. The Labute approximate surface area is 125 Å². The minimum atomic E-state index is -0.522. The first kappa shape index (κ1) is 15.6. The van der Waals surface area contributed by atoms with Gasteiger partial charge >= 0.3 is 6.09 Å². The molecule has 1 aromatic rings. The van der Waals surface area contributed by atoms with Crippen LogP contribution in [0.25, 0.3) is 0 Å². The molecule has 0 aromatic heterocycles. The van der Waals surface area contributed by atoms with Crippen molar-refractivity contribution in [2.24, 2.45) is 5.73 Å². The molecule has 3 N–H and O–H groups in total. The number of carbonyl (C=O) groups is 1. The third kappa shape index (κ3) is 4.63. The smallest absolute Gasteiger partial charge is 0.412 e. The number of hydrogen-bond acceptors (Lipinski definition) is 4. The van der Waals surface area contributed by atoms with Crippen LogP contribution in [0.3, 0.4) is 0 Å². The molecule has 0 saturated heterocycles. The summed E-state index contributed by atoms with van der Waals surface area (Å²) in [7, 11) is 1.62. The summed E-state index contributed by atoms with van der Waals surface area (Å²) in [5.74, 6) is 0.736. The topological polar surface area (TPSA) is 73.6 Å². The molecule has 5 heteroatoms. The van der Waals surface area contributed by atoms with Crippen LogP contribution in [-0.4, -0.2) is 24.3 Å². The van der Waals surface area contributed by atoms with E-state index in [1.165, 1.54) is 0 Å². The SMILES string of the molecule is COc1cc(NC(=O)OC(C)(C)C)ccc1CC1(N)CC1. The number of methoxy groups -OCH3 is 1. The van der Waals surface area contributed by atoms with Crippen molar-refractivity contribution in [3.8, 4) is 5.75 Å². The predicted molar refractivity (Wildman–Crippen MR) is 82.7 cm³/mol. The van der Waals surface area contributed by atoms with Crippen molar-refractivity contribution < 1.29 is 14.3 Å². The molecule has 0 radical (unpaired) electrons. The zero-order valence-corrected chi connectivity index (χ0v) is 13.2. The lowest BCUT2D eigenvalue weighted by molar-refractivity contribution is 0.0636. The number of nitrogens with two attached hydrogens (primary N) is 1.